The van der Waals surface area contributed by atoms with E-state index in [1.165, 1.54) is 22.0 Å². The number of phosphoric ester groups is 1. The summed E-state index contributed by atoms with van der Waals surface area (Å²) in [5, 5.41) is 6.87. The smallest absolute Gasteiger partial charge is 0.746 e. The van der Waals surface area contributed by atoms with Gasteiger partial charge in [0.25, 0.3) is 0 Å². The number of phosphoric acid groups is 1. The third kappa shape index (κ3) is 9.58. The minimum Gasteiger partial charge on any atom is -0.746 e. The number of amides is 4. The number of ketones is 1. The van der Waals surface area contributed by atoms with E-state index >= 15 is 0 Å². The molecule has 4 amide bonds. The minimum atomic E-state index is -5.04. The number of nitrogens with zero attached hydrogens (tertiary/aromatic N) is 5. The monoisotopic (exact) mass is 778 g/mol. The van der Waals surface area contributed by atoms with Gasteiger partial charge in [0.05, 0.1) is 18.6 Å². The maximum Gasteiger partial charge on any atom is 1.00 e. The molecule has 284 valence electrons. The van der Waals surface area contributed by atoms with Crippen LogP contribution in [0.25, 0.3) is 10.9 Å². The molecule has 14 nitrogen and oxygen atoms in total. The first-order valence-corrected chi connectivity index (χ1v) is 19.2. The molecule has 2 N–H and O–H groups in total. The summed E-state index contributed by atoms with van der Waals surface area (Å²) in [4.78, 5) is 79.5. The number of urea groups is 1. The third-order valence-corrected chi connectivity index (χ3v) is 10.0. The number of piperazine rings is 1. The van der Waals surface area contributed by atoms with Crippen molar-refractivity contribution < 1.29 is 67.6 Å². The molecule has 2 aliphatic heterocycles. The molecule has 2 aliphatic rings. The fraction of sp³-hybridized carbons (Fsp3) is 0.333. The van der Waals surface area contributed by atoms with E-state index in [4.69, 9.17) is 4.89 Å². The Balaban J connectivity index is 0.00000580. The van der Waals surface area contributed by atoms with Crippen LogP contribution in [0.1, 0.15) is 47.3 Å². The summed E-state index contributed by atoms with van der Waals surface area (Å²) in [5.74, 6) is -0.599. The molecule has 0 spiro atoms. The number of benzene rings is 3. The van der Waals surface area contributed by atoms with Crippen LogP contribution >= 0.6 is 7.82 Å². The van der Waals surface area contributed by atoms with E-state index in [0.717, 1.165) is 22.0 Å². The first-order valence-electron chi connectivity index (χ1n) is 17.7. The molecule has 6 rings (SSSR count). The molecule has 2 fully saturated rings. The maximum absolute atomic E-state index is 14.6. The fourth-order valence-corrected chi connectivity index (χ4v) is 7.72. The second-order valence-corrected chi connectivity index (χ2v) is 15.2. The Morgan fingerprint density at radius 2 is 1.76 bits per heavy atom. The van der Waals surface area contributed by atoms with Gasteiger partial charge in [-0.05, 0) is 34.7 Å². The van der Waals surface area contributed by atoms with Gasteiger partial charge in [-0.2, -0.15) is 0 Å². The second kappa shape index (κ2) is 17.7. The predicted octanol–water partition coefficient (Wildman–Crippen LogP) is 0.987. The van der Waals surface area contributed by atoms with Crippen molar-refractivity contribution >= 4 is 42.4 Å². The van der Waals surface area contributed by atoms with E-state index in [0.29, 0.717) is 17.5 Å². The van der Waals surface area contributed by atoms with Gasteiger partial charge in [-0.25, -0.2) is 14.8 Å². The number of aryl methyl sites for hydroxylation is 1. The number of Topliss-reactive ketones (excluding diaryl/α,β-unsaturated/α-hetero) is 1. The molecule has 1 unspecified atom stereocenters. The van der Waals surface area contributed by atoms with Crippen LogP contribution in [0.3, 0.4) is 0 Å². The summed E-state index contributed by atoms with van der Waals surface area (Å²) < 4.78 is 17.8. The van der Waals surface area contributed by atoms with Gasteiger partial charge in [0.15, 0.2) is 5.78 Å². The second-order valence-electron chi connectivity index (χ2n) is 14.0. The molecule has 16 heteroatoms. The van der Waals surface area contributed by atoms with Gasteiger partial charge in [0.2, 0.25) is 11.8 Å². The molecule has 3 atom stereocenters. The van der Waals surface area contributed by atoms with Gasteiger partial charge >= 0.3 is 43.4 Å². The summed E-state index contributed by atoms with van der Waals surface area (Å²) in [6.45, 7) is 8.21. The number of hydrogen-bond donors (Lipinski definition) is 2. The van der Waals surface area contributed by atoms with Crippen LogP contribution in [0.15, 0.2) is 91.6 Å². The van der Waals surface area contributed by atoms with E-state index in [9.17, 15) is 28.6 Å². The molecular weight excluding hydrogens is 734 g/mol. The van der Waals surface area contributed by atoms with Gasteiger partial charge in [0, 0.05) is 56.7 Å². The molecule has 1 aromatic heterocycles. The Morgan fingerprint density at radius 3 is 2.42 bits per heavy atom. The normalized spacial score (nSPS) is 18.5. The summed E-state index contributed by atoms with van der Waals surface area (Å²) in [6, 6.07) is 19.4. The summed E-state index contributed by atoms with van der Waals surface area (Å²) in [7, 11) is -3.18. The molecule has 2 saturated heterocycles. The molecule has 0 aliphatic carbocycles. The van der Waals surface area contributed by atoms with E-state index < -0.39 is 26.1 Å². The number of para-hydroxylation sites is 1. The number of carbonyl (C=O) groups is 4. The van der Waals surface area contributed by atoms with Crippen molar-refractivity contribution in [3.05, 3.63) is 114 Å². The number of rotatable bonds is 13. The van der Waals surface area contributed by atoms with E-state index in [1.807, 2.05) is 80.2 Å². The summed E-state index contributed by atoms with van der Waals surface area (Å²) >= 11 is 0. The number of fused-ring (bicyclic) bond motifs is 2. The average molecular weight is 779 g/mol. The number of hydrazine groups is 1. The van der Waals surface area contributed by atoms with Gasteiger partial charge in [-0.3, -0.25) is 18.9 Å². The van der Waals surface area contributed by atoms with Crippen molar-refractivity contribution in [3.63, 3.8) is 0 Å². The molecule has 3 aromatic carbocycles. The van der Waals surface area contributed by atoms with Crippen LogP contribution in [-0.2, 0) is 40.7 Å². The molecule has 4 aromatic rings. The van der Waals surface area contributed by atoms with Gasteiger partial charge in [0.1, 0.15) is 18.0 Å². The van der Waals surface area contributed by atoms with Gasteiger partial charge in [-0.15, -0.1) is 6.58 Å². The zero-order chi connectivity index (χ0) is 38.7. The Bertz CT molecular complexity index is 2100. The molecule has 0 bridgehead atoms. The molecule has 0 radical (unpaired) electrons. The first-order chi connectivity index (χ1) is 25.7. The van der Waals surface area contributed by atoms with Crippen molar-refractivity contribution in [1.29, 1.82) is 0 Å². The molecule has 0 saturated carbocycles. The summed E-state index contributed by atoms with van der Waals surface area (Å²) in [6.07, 6.45) is 2.96. The quantitative estimate of drug-likeness (QED) is 0.0871. The van der Waals surface area contributed by atoms with Crippen LogP contribution in [0.2, 0.25) is 0 Å². The molecule has 55 heavy (non-hydrogen) atoms. The molecule has 3 heterocycles. The summed E-state index contributed by atoms with van der Waals surface area (Å²) in [5.41, 5.74) is 3.67. The third-order valence-electron chi connectivity index (χ3n) is 9.58. The minimum absolute atomic E-state index is 0. The van der Waals surface area contributed by atoms with Crippen molar-refractivity contribution in [2.45, 2.75) is 52.0 Å². The zero-order valence-corrected chi connectivity index (χ0v) is 34.4. The largest absolute Gasteiger partial charge is 1.00 e. The zero-order valence-electron chi connectivity index (χ0n) is 31.5. The topological polar surface area (TPSA) is 168 Å². The number of aromatic nitrogens is 1. The van der Waals surface area contributed by atoms with Gasteiger partial charge < -0.3 is 34.0 Å². The van der Waals surface area contributed by atoms with Crippen molar-refractivity contribution in [2.24, 2.45) is 13.0 Å². The van der Waals surface area contributed by atoms with Crippen LogP contribution < -0.4 is 44.3 Å². The first kappa shape index (κ1) is 41.9. The van der Waals surface area contributed by atoms with E-state index in [2.05, 4.69) is 16.4 Å². The van der Waals surface area contributed by atoms with Crippen molar-refractivity contribution in [3.8, 4) is 5.75 Å². The number of carbonyl (C=O) groups excluding carboxylic acids is 4. The average Bonchev–Trinajstić information content (AvgIpc) is 3.46. The predicted molar refractivity (Wildman–Crippen MR) is 199 cm³/mol. The van der Waals surface area contributed by atoms with E-state index in [-0.39, 0.29) is 98.0 Å². The van der Waals surface area contributed by atoms with Crippen LogP contribution in [0.5, 0.6) is 5.75 Å². The van der Waals surface area contributed by atoms with E-state index in [1.54, 1.807) is 28.1 Å². The van der Waals surface area contributed by atoms with Crippen molar-refractivity contribution in [1.82, 2.24) is 29.7 Å². The number of nitrogens with one attached hydrogen (secondary N) is 1. The SMILES string of the molecule is C=CCN1CC(=O)N2[C@@H](Cc3ccc(OP(=O)([O-])O)cc3)C(=O)N(Cc3cccc4c(C(=O)CC(C)C)cn(C)c34)C[C@@H]2N1C(=O)NCc1ccccc1.[Na+]. The van der Waals surface area contributed by atoms with Crippen LogP contribution in [-0.4, -0.2) is 84.7 Å². The van der Waals surface area contributed by atoms with Gasteiger partial charge in [-0.1, -0.05) is 80.6 Å². The Labute approximate surface area is 342 Å². The fourth-order valence-electron chi connectivity index (χ4n) is 7.33. The Kier molecular flexibility index (Phi) is 13.5. The van der Waals surface area contributed by atoms with Crippen LogP contribution in [0, 0.1) is 5.92 Å². The standard InChI is InChI=1S/C39H45N6O8P.Na/c1-5-18-43-25-36(47)44-33(20-27-14-16-30(17-15-27)53-54(50,51)52)38(48)42(24-35(44)45(43)39(49)40-21-28-10-7-6-8-11-28)22-29-12-9-13-31-32(23-41(4)37(29)31)34(46)19-26(2)3;/h5-17,23,26,33,35H,1,18-22,24-25H2,2-4H3,(H,40,49)(H2,50,51,52);/q;+1/p-1/t33-,35-;/m0./s1. The number of hydrogen-bond acceptors (Lipinski definition) is 8. The molecular formula is C39H44N6NaO8P. The Hall–Kier alpha value is -4.27. The van der Waals surface area contributed by atoms with Crippen LogP contribution in [0.4, 0.5) is 4.79 Å². The Morgan fingerprint density at radius 1 is 1.05 bits per heavy atom. The maximum atomic E-state index is 14.6. The van der Waals surface area contributed by atoms with Crippen molar-refractivity contribution in [2.75, 3.05) is 19.6 Å².